The van der Waals surface area contributed by atoms with Gasteiger partial charge in [0.2, 0.25) is 0 Å². The Kier molecular flexibility index (Phi) is 7.21. The van der Waals surface area contributed by atoms with Gasteiger partial charge in [-0.3, -0.25) is 9.88 Å². The van der Waals surface area contributed by atoms with Crippen molar-refractivity contribution in [2.75, 3.05) is 20.2 Å². The number of aromatic nitrogens is 5. The normalized spacial score (nSPS) is 17.5. The molecular formula is C28H37N7O4. The summed E-state index contributed by atoms with van der Waals surface area (Å²) in [5.41, 5.74) is 4.20. The van der Waals surface area contributed by atoms with Crippen molar-refractivity contribution >= 4 is 28.3 Å². The van der Waals surface area contributed by atoms with Crippen LogP contribution in [0.2, 0.25) is 0 Å². The molecule has 39 heavy (non-hydrogen) atoms. The molecule has 1 amide bonds. The van der Waals surface area contributed by atoms with Gasteiger partial charge in [0, 0.05) is 50.7 Å². The number of nitrogens with one attached hydrogen (secondary N) is 1. The molecule has 2 atom stereocenters. The Morgan fingerprint density at radius 2 is 1.97 bits per heavy atom. The monoisotopic (exact) mass is 535 g/mol. The van der Waals surface area contributed by atoms with Crippen LogP contribution in [0.15, 0.2) is 30.6 Å². The molecule has 1 aromatic carbocycles. The Balaban J connectivity index is 1.45. The van der Waals surface area contributed by atoms with Crippen molar-refractivity contribution in [3.63, 3.8) is 0 Å². The molecule has 4 heterocycles. The first-order chi connectivity index (χ1) is 18.6. The van der Waals surface area contributed by atoms with Gasteiger partial charge in [-0.15, -0.1) is 0 Å². The molecule has 1 saturated heterocycles. The molecule has 0 bridgehead atoms. The molecule has 11 heteroatoms. The van der Waals surface area contributed by atoms with Crippen molar-refractivity contribution in [3.8, 4) is 17.3 Å². The first-order valence-corrected chi connectivity index (χ1v) is 13.4. The van der Waals surface area contributed by atoms with Crippen LogP contribution in [0, 0.1) is 0 Å². The van der Waals surface area contributed by atoms with Gasteiger partial charge in [-0.25, -0.2) is 14.8 Å². The molecule has 0 radical (unpaired) electrons. The van der Waals surface area contributed by atoms with Gasteiger partial charge in [-0.2, -0.15) is 0 Å². The fraction of sp³-hybridized carbons (Fsp3) is 0.500. The zero-order valence-corrected chi connectivity index (χ0v) is 23.4. The van der Waals surface area contributed by atoms with Crippen molar-refractivity contribution in [1.82, 2.24) is 34.3 Å². The minimum absolute atomic E-state index is 0.117. The molecule has 1 unspecified atom stereocenters. The number of likely N-dealkylation sites (tertiary alicyclic amines) is 1. The van der Waals surface area contributed by atoms with E-state index in [1.54, 1.807) is 19.5 Å². The number of aryl methyl sites for hydroxylation is 2. The lowest BCUT2D eigenvalue weighted by molar-refractivity contribution is -0.0196. The number of fused-ring (bicyclic) bond motifs is 2. The number of aliphatic hydroxyl groups excluding tert-OH is 1. The highest BCUT2D eigenvalue weighted by atomic mass is 16.6. The van der Waals surface area contributed by atoms with E-state index in [1.165, 1.54) is 0 Å². The summed E-state index contributed by atoms with van der Waals surface area (Å²) in [5, 5.41) is 14.4. The molecule has 1 aliphatic rings. The summed E-state index contributed by atoms with van der Waals surface area (Å²) in [6.45, 7) is 9.51. The largest absolute Gasteiger partial charge is 0.494 e. The molecule has 2 N–H and O–H groups in total. The van der Waals surface area contributed by atoms with Crippen LogP contribution in [0.3, 0.4) is 0 Å². The number of imidazole rings is 1. The Morgan fingerprint density at radius 3 is 2.69 bits per heavy atom. The highest BCUT2D eigenvalue weighted by Crippen LogP contribution is 2.35. The molecule has 0 saturated carbocycles. The fourth-order valence-corrected chi connectivity index (χ4v) is 5.37. The topological polar surface area (TPSA) is 120 Å². The highest BCUT2D eigenvalue weighted by molar-refractivity contribution is 5.88. The summed E-state index contributed by atoms with van der Waals surface area (Å²) in [4.78, 5) is 28.2. The summed E-state index contributed by atoms with van der Waals surface area (Å²) in [6.07, 6.45) is 3.72. The first-order valence-electron chi connectivity index (χ1n) is 13.4. The maximum absolute atomic E-state index is 12.3. The van der Waals surface area contributed by atoms with Crippen molar-refractivity contribution in [2.24, 2.45) is 7.05 Å². The Hall–Kier alpha value is -3.70. The SMILES string of the molecule is CCn1c(-c2nc3cc(C(O)N4CCC[C@@H](NC(=O)OC(C)(C)C)C4)cc(OC)c3n2C)cc2nccnc21. The minimum Gasteiger partial charge on any atom is -0.494 e. The maximum atomic E-state index is 12.3. The Morgan fingerprint density at radius 1 is 1.21 bits per heavy atom. The average molecular weight is 536 g/mol. The predicted molar refractivity (Wildman–Crippen MR) is 148 cm³/mol. The summed E-state index contributed by atoms with van der Waals surface area (Å²) < 4.78 is 15.3. The number of amides is 1. The third kappa shape index (κ3) is 5.28. The van der Waals surface area contributed by atoms with Gasteiger partial charge < -0.3 is 29.0 Å². The van der Waals surface area contributed by atoms with Crippen molar-refractivity contribution in [3.05, 3.63) is 36.2 Å². The molecule has 1 aliphatic heterocycles. The first kappa shape index (κ1) is 26.9. The summed E-state index contributed by atoms with van der Waals surface area (Å²) >= 11 is 0. The van der Waals surface area contributed by atoms with E-state index in [1.807, 2.05) is 55.5 Å². The smallest absolute Gasteiger partial charge is 0.407 e. The number of ether oxygens (including phenoxy) is 2. The summed E-state index contributed by atoms with van der Waals surface area (Å²) in [5.74, 6) is 1.38. The second kappa shape index (κ2) is 10.5. The van der Waals surface area contributed by atoms with Crippen LogP contribution in [0.25, 0.3) is 33.7 Å². The lowest BCUT2D eigenvalue weighted by atomic mass is 10.0. The zero-order valence-electron chi connectivity index (χ0n) is 23.4. The van der Waals surface area contributed by atoms with Gasteiger partial charge in [-0.1, -0.05) is 0 Å². The van der Waals surface area contributed by atoms with Gasteiger partial charge in [0.25, 0.3) is 0 Å². The van der Waals surface area contributed by atoms with Crippen molar-refractivity contribution in [1.29, 1.82) is 0 Å². The number of carbonyl (C=O) groups is 1. The predicted octanol–water partition coefficient (Wildman–Crippen LogP) is 3.99. The lowest BCUT2D eigenvalue weighted by Crippen LogP contribution is -2.49. The van der Waals surface area contributed by atoms with Gasteiger partial charge >= 0.3 is 6.09 Å². The molecule has 1 fully saturated rings. The summed E-state index contributed by atoms with van der Waals surface area (Å²) in [6, 6.07) is 5.66. The second-order valence-corrected chi connectivity index (χ2v) is 11.0. The van der Waals surface area contributed by atoms with E-state index in [9.17, 15) is 9.90 Å². The van der Waals surface area contributed by atoms with E-state index < -0.39 is 17.9 Å². The van der Waals surface area contributed by atoms with Crippen LogP contribution in [0.1, 0.15) is 52.3 Å². The number of carbonyl (C=O) groups excluding carboxylic acids is 1. The molecule has 11 nitrogen and oxygen atoms in total. The number of hydrogen-bond acceptors (Lipinski definition) is 8. The lowest BCUT2D eigenvalue weighted by Gasteiger charge is -2.36. The van der Waals surface area contributed by atoms with Crippen LogP contribution in [0.4, 0.5) is 4.79 Å². The Bertz CT molecular complexity index is 1500. The van der Waals surface area contributed by atoms with Crippen molar-refractivity contribution < 1.29 is 19.4 Å². The van der Waals surface area contributed by atoms with Crippen LogP contribution in [-0.2, 0) is 18.3 Å². The van der Waals surface area contributed by atoms with E-state index in [4.69, 9.17) is 14.5 Å². The molecule has 3 aromatic heterocycles. The van der Waals surface area contributed by atoms with E-state index in [0.29, 0.717) is 24.4 Å². The molecule has 4 aromatic rings. The van der Waals surface area contributed by atoms with Gasteiger partial charge in [0.1, 0.15) is 28.6 Å². The number of hydrogen-bond donors (Lipinski definition) is 2. The zero-order chi connectivity index (χ0) is 27.9. The maximum Gasteiger partial charge on any atom is 0.407 e. The quantitative estimate of drug-likeness (QED) is 0.380. The van der Waals surface area contributed by atoms with Crippen molar-refractivity contribution in [2.45, 2.75) is 65.0 Å². The van der Waals surface area contributed by atoms with E-state index in [-0.39, 0.29) is 6.04 Å². The van der Waals surface area contributed by atoms with Crippen LogP contribution in [0.5, 0.6) is 5.75 Å². The Labute approximate surface area is 227 Å². The molecule has 5 rings (SSSR count). The van der Waals surface area contributed by atoms with E-state index in [0.717, 1.165) is 53.1 Å². The number of rotatable bonds is 6. The van der Waals surface area contributed by atoms with Crippen LogP contribution >= 0.6 is 0 Å². The third-order valence-corrected chi connectivity index (χ3v) is 7.07. The highest BCUT2D eigenvalue weighted by Gasteiger charge is 2.29. The van der Waals surface area contributed by atoms with E-state index >= 15 is 0 Å². The van der Waals surface area contributed by atoms with Gasteiger partial charge in [0.15, 0.2) is 11.5 Å². The second-order valence-electron chi connectivity index (χ2n) is 11.0. The minimum atomic E-state index is -0.882. The van der Waals surface area contributed by atoms with Crippen LogP contribution in [-0.4, -0.2) is 72.0 Å². The molecule has 208 valence electrons. The molecule has 0 aliphatic carbocycles. The average Bonchev–Trinajstić information content (AvgIpc) is 3.43. The number of piperidine rings is 1. The number of alkyl carbamates (subject to hydrolysis) is 1. The molecular weight excluding hydrogens is 498 g/mol. The third-order valence-electron chi connectivity index (χ3n) is 7.07. The van der Waals surface area contributed by atoms with E-state index in [2.05, 4.69) is 26.8 Å². The number of nitrogens with zero attached hydrogens (tertiary/aromatic N) is 6. The fourth-order valence-electron chi connectivity index (χ4n) is 5.37. The number of aliphatic hydroxyl groups is 1. The summed E-state index contributed by atoms with van der Waals surface area (Å²) in [7, 11) is 3.58. The molecule has 0 spiro atoms. The number of benzene rings is 1. The number of methoxy groups -OCH3 is 1. The van der Waals surface area contributed by atoms with Gasteiger partial charge in [0.05, 0.1) is 18.3 Å². The van der Waals surface area contributed by atoms with Crippen LogP contribution < -0.4 is 10.1 Å². The standard InChI is InChI=1S/C28H37N7O4/c1-7-35-21(15-20-24(35)30-11-10-29-20)25-32-19-13-17(14-22(38-6)23(19)33(25)5)26(36)34-12-8-9-18(16-34)31-27(37)39-28(2,3)4/h10-11,13-15,18,26,36H,7-9,12,16H2,1-6H3,(H,31,37)/t18-,26?/m1/s1. The van der Waals surface area contributed by atoms with Gasteiger partial charge in [-0.05, 0) is 58.7 Å².